The molecule has 0 saturated heterocycles. The van der Waals surface area contributed by atoms with E-state index in [0.29, 0.717) is 0 Å². The molecule has 1 atom stereocenters. The first-order valence-corrected chi connectivity index (χ1v) is 5.18. The van der Waals surface area contributed by atoms with Crippen molar-refractivity contribution in [1.29, 1.82) is 0 Å². The number of halogens is 1. The first kappa shape index (κ1) is 9.92. The lowest BCUT2D eigenvalue weighted by Gasteiger charge is -2.12. The van der Waals surface area contributed by atoms with Crippen molar-refractivity contribution in [3.05, 3.63) is 32.9 Å². The molecule has 3 N–H and O–H groups in total. The molecule has 1 unspecified atom stereocenters. The molecular formula is C8H11BrN2S. The highest BCUT2D eigenvalue weighted by Gasteiger charge is 2.11. The number of nitrogens with two attached hydrogens (primary N) is 1. The number of hydrogen-bond donors (Lipinski definition) is 2. The van der Waals surface area contributed by atoms with Crippen LogP contribution in [0.2, 0.25) is 0 Å². The lowest BCUT2D eigenvalue weighted by atomic mass is 10.1. The lowest BCUT2D eigenvalue weighted by Crippen LogP contribution is -2.27. The molecule has 1 aromatic rings. The van der Waals surface area contributed by atoms with Crippen LogP contribution in [0, 0.1) is 0 Å². The predicted octanol–water partition coefficient (Wildman–Crippen LogP) is 2.59. The summed E-state index contributed by atoms with van der Waals surface area (Å²) in [5, 5.41) is 2.03. The van der Waals surface area contributed by atoms with E-state index in [2.05, 4.69) is 27.9 Å². The minimum atomic E-state index is 0.0706. The van der Waals surface area contributed by atoms with Crippen molar-refractivity contribution in [3.8, 4) is 0 Å². The smallest absolute Gasteiger partial charge is 0.0757 e. The zero-order valence-electron chi connectivity index (χ0n) is 6.80. The van der Waals surface area contributed by atoms with Crippen LogP contribution >= 0.6 is 27.3 Å². The Labute approximate surface area is 84.6 Å². The van der Waals surface area contributed by atoms with Gasteiger partial charge in [-0.1, -0.05) is 12.2 Å². The summed E-state index contributed by atoms with van der Waals surface area (Å²) < 4.78 is 1.09. The van der Waals surface area contributed by atoms with Crippen molar-refractivity contribution in [2.45, 2.75) is 13.0 Å². The van der Waals surface area contributed by atoms with Crippen molar-refractivity contribution in [3.63, 3.8) is 0 Å². The second-order valence-electron chi connectivity index (χ2n) is 2.61. The number of rotatable bonds is 3. The van der Waals surface area contributed by atoms with E-state index in [4.69, 9.17) is 5.84 Å². The third-order valence-electron chi connectivity index (χ3n) is 1.53. The predicted molar refractivity (Wildman–Crippen MR) is 56.9 cm³/mol. The first-order valence-electron chi connectivity index (χ1n) is 3.50. The number of hydrazine groups is 1. The fourth-order valence-corrected chi connectivity index (χ4v) is 2.54. The molecule has 4 heteroatoms. The van der Waals surface area contributed by atoms with E-state index in [9.17, 15) is 0 Å². The molecule has 0 spiro atoms. The Morgan fingerprint density at radius 1 is 1.83 bits per heavy atom. The molecule has 0 saturated carbocycles. The van der Waals surface area contributed by atoms with Gasteiger partial charge in [-0.2, -0.15) is 0 Å². The second kappa shape index (κ2) is 4.18. The molecule has 2 nitrogen and oxygen atoms in total. The van der Waals surface area contributed by atoms with Crippen LogP contribution in [0.1, 0.15) is 17.8 Å². The molecule has 0 amide bonds. The van der Waals surface area contributed by atoms with Gasteiger partial charge in [0.05, 0.1) is 6.04 Å². The van der Waals surface area contributed by atoms with E-state index in [1.807, 2.05) is 18.4 Å². The maximum atomic E-state index is 5.40. The molecule has 0 bridgehead atoms. The molecule has 0 radical (unpaired) electrons. The number of nitrogens with one attached hydrogen (secondary N) is 1. The Morgan fingerprint density at radius 2 is 2.50 bits per heavy atom. The molecule has 0 aliphatic carbocycles. The molecule has 0 aliphatic heterocycles. The maximum Gasteiger partial charge on any atom is 0.0757 e. The van der Waals surface area contributed by atoms with Gasteiger partial charge >= 0.3 is 0 Å². The average molecular weight is 247 g/mol. The van der Waals surface area contributed by atoms with Gasteiger partial charge in [0.15, 0.2) is 0 Å². The Balaban J connectivity index is 2.87. The van der Waals surface area contributed by atoms with Crippen LogP contribution in [0.25, 0.3) is 0 Å². The summed E-state index contributed by atoms with van der Waals surface area (Å²) in [6, 6.07) is 2.12. The monoisotopic (exact) mass is 246 g/mol. The van der Waals surface area contributed by atoms with Crippen molar-refractivity contribution in [2.24, 2.45) is 5.84 Å². The van der Waals surface area contributed by atoms with E-state index in [-0.39, 0.29) is 6.04 Å². The van der Waals surface area contributed by atoms with Crippen LogP contribution in [0.4, 0.5) is 0 Å². The van der Waals surface area contributed by atoms with Gasteiger partial charge in [-0.3, -0.25) is 5.84 Å². The summed E-state index contributed by atoms with van der Waals surface area (Å²) >= 11 is 5.05. The van der Waals surface area contributed by atoms with Crippen LogP contribution in [-0.4, -0.2) is 0 Å². The standard InChI is InChI=1S/C8H11BrN2S/c1-5(2)8(11-10)7-3-6(9)4-12-7/h3-4,8,11H,1,10H2,2H3. The van der Waals surface area contributed by atoms with Crippen molar-refractivity contribution in [2.75, 3.05) is 0 Å². The summed E-state index contributed by atoms with van der Waals surface area (Å²) in [6.07, 6.45) is 0. The van der Waals surface area contributed by atoms with Crippen LogP contribution in [0.15, 0.2) is 28.1 Å². The van der Waals surface area contributed by atoms with Crippen molar-refractivity contribution in [1.82, 2.24) is 5.43 Å². The van der Waals surface area contributed by atoms with E-state index in [1.165, 1.54) is 4.88 Å². The second-order valence-corrected chi connectivity index (χ2v) is 4.47. The zero-order chi connectivity index (χ0) is 9.14. The van der Waals surface area contributed by atoms with Gasteiger partial charge in [-0.15, -0.1) is 11.3 Å². The Morgan fingerprint density at radius 3 is 2.83 bits per heavy atom. The van der Waals surface area contributed by atoms with Gasteiger partial charge in [-0.25, -0.2) is 5.43 Å². The molecule has 1 heterocycles. The van der Waals surface area contributed by atoms with Gasteiger partial charge in [-0.05, 0) is 28.9 Å². The highest BCUT2D eigenvalue weighted by atomic mass is 79.9. The molecule has 1 aromatic heterocycles. The maximum absolute atomic E-state index is 5.40. The molecule has 0 fully saturated rings. The van der Waals surface area contributed by atoms with Crippen LogP contribution in [0.5, 0.6) is 0 Å². The zero-order valence-corrected chi connectivity index (χ0v) is 9.21. The van der Waals surface area contributed by atoms with E-state index in [1.54, 1.807) is 11.3 Å². The molecule has 12 heavy (non-hydrogen) atoms. The normalized spacial score (nSPS) is 12.9. The largest absolute Gasteiger partial charge is 0.271 e. The summed E-state index contributed by atoms with van der Waals surface area (Å²) in [5.74, 6) is 5.40. The van der Waals surface area contributed by atoms with Gasteiger partial charge < -0.3 is 0 Å². The first-order chi connectivity index (χ1) is 5.65. The third-order valence-corrected chi connectivity index (χ3v) is 3.29. The molecule has 1 rings (SSSR count). The van der Waals surface area contributed by atoms with Gasteiger partial charge in [0.2, 0.25) is 0 Å². The summed E-state index contributed by atoms with van der Waals surface area (Å²) in [6.45, 7) is 5.82. The quantitative estimate of drug-likeness (QED) is 0.489. The minimum Gasteiger partial charge on any atom is -0.271 e. The average Bonchev–Trinajstić information content (AvgIpc) is 2.37. The minimum absolute atomic E-state index is 0.0706. The van der Waals surface area contributed by atoms with Gasteiger partial charge in [0.1, 0.15) is 0 Å². The lowest BCUT2D eigenvalue weighted by molar-refractivity contribution is 0.636. The third kappa shape index (κ3) is 2.17. The summed E-state index contributed by atoms with van der Waals surface area (Å²) in [7, 11) is 0. The van der Waals surface area contributed by atoms with E-state index >= 15 is 0 Å². The van der Waals surface area contributed by atoms with Crippen LogP contribution < -0.4 is 11.3 Å². The van der Waals surface area contributed by atoms with E-state index in [0.717, 1.165) is 10.0 Å². The fourth-order valence-electron chi connectivity index (χ4n) is 0.947. The molecular weight excluding hydrogens is 236 g/mol. The topological polar surface area (TPSA) is 38.0 Å². The SMILES string of the molecule is C=C(C)C(NN)c1cc(Br)cs1. The molecule has 66 valence electrons. The Bertz CT molecular complexity index is 282. The Hall–Kier alpha value is -0.160. The molecule has 0 aromatic carbocycles. The van der Waals surface area contributed by atoms with Crippen molar-refractivity contribution >= 4 is 27.3 Å². The molecule has 0 aliphatic rings. The summed E-state index contributed by atoms with van der Waals surface area (Å²) in [4.78, 5) is 1.18. The van der Waals surface area contributed by atoms with Gasteiger partial charge in [0.25, 0.3) is 0 Å². The number of hydrogen-bond acceptors (Lipinski definition) is 3. The highest BCUT2D eigenvalue weighted by molar-refractivity contribution is 9.10. The Kier molecular flexibility index (Phi) is 3.46. The van der Waals surface area contributed by atoms with Crippen LogP contribution in [0.3, 0.4) is 0 Å². The van der Waals surface area contributed by atoms with Gasteiger partial charge in [0, 0.05) is 14.7 Å². The van der Waals surface area contributed by atoms with E-state index < -0.39 is 0 Å². The number of thiophene rings is 1. The fraction of sp³-hybridized carbons (Fsp3) is 0.250. The van der Waals surface area contributed by atoms with Crippen molar-refractivity contribution < 1.29 is 0 Å². The highest BCUT2D eigenvalue weighted by Crippen LogP contribution is 2.28. The van der Waals surface area contributed by atoms with Crippen LogP contribution in [-0.2, 0) is 0 Å². The summed E-state index contributed by atoms with van der Waals surface area (Å²) in [5.41, 5.74) is 3.74.